The first-order chi connectivity index (χ1) is 21.7. The summed E-state index contributed by atoms with van der Waals surface area (Å²) in [5.74, 6) is -0.331. The van der Waals surface area contributed by atoms with E-state index in [0.29, 0.717) is 68.4 Å². The highest BCUT2D eigenvalue weighted by Gasteiger charge is 2.43. The van der Waals surface area contributed by atoms with Crippen LogP contribution in [-0.2, 0) is 31.1 Å². The van der Waals surface area contributed by atoms with Gasteiger partial charge in [-0.3, -0.25) is 4.79 Å². The second-order valence-electron chi connectivity index (χ2n) is 12.7. The molecule has 13 heteroatoms. The van der Waals surface area contributed by atoms with Gasteiger partial charge >= 0.3 is 0 Å². The van der Waals surface area contributed by atoms with Gasteiger partial charge in [-0.1, -0.05) is 42.5 Å². The van der Waals surface area contributed by atoms with Crippen LogP contribution in [0.5, 0.6) is 0 Å². The Morgan fingerprint density at radius 3 is 2.48 bits per heavy atom. The van der Waals surface area contributed by atoms with E-state index in [0.717, 1.165) is 6.42 Å². The second-order valence-corrected chi connectivity index (χ2v) is 18.1. The molecule has 2 aromatic rings. The summed E-state index contributed by atoms with van der Waals surface area (Å²) in [5, 5.41) is 36.3. The lowest BCUT2D eigenvalue weighted by Gasteiger charge is -2.36. The number of hydrogen-bond acceptors (Lipinski definition) is 9. The van der Waals surface area contributed by atoms with Gasteiger partial charge < -0.3 is 20.2 Å². The number of aryl methyl sites for hydroxylation is 1. The lowest BCUT2D eigenvalue weighted by molar-refractivity contribution is -0.133. The molecule has 1 fully saturated rings. The number of unbranched alkanes of at least 4 members (excludes halogenated alkanes) is 1. The molecule has 0 unspecified atom stereocenters. The van der Waals surface area contributed by atoms with Crippen LogP contribution in [0.15, 0.2) is 57.0 Å². The highest BCUT2D eigenvalue weighted by atomic mass is 32.3. The molecule has 1 aromatic carbocycles. The molecule has 4 rings (SSSR count). The highest BCUT2D eigenvalue weighted by Crippen LogP contribution is 2.45. The smallest absolute Gasteiger partial charge is 0.247 e. The minimum atomic E-state index is -4.10. The number of carbonyl (C=O) groups is 1. The first kappa shape index (κ1) is 36.7. The fraction of sp³-hybridized carbons (Fsp3) is 0.606. The van der Waals surface area contributed by atoms with Crippen molar-refractivity contribution in [1.29, 1.82) is 0 Å². The zero-order valence-corrected chi connectivity index (χ0v) is 29.0. The summed E-state index contributed by atoms with van der Waals surface area (Å²) in [6.45, 7) is 3.73. The Hall–Kier alpha value is -2.13. The van der Waals surface area contributed by atoms with Crippen LogP contribution in [0.3, 0.4) is 0 Å². The number of primary sulfonamides is 1. The number of aliphatic hydroxyl groups is 3. The minimum absolute atomic E-state index is 0.0336. The molecule has 5 N–H and O–H groups in total. The van der Waals surface area contributed by atoms with Crippen molar-refractivity contribution >= 4 is 37.1 Å². The number of sulfone groups is 1. The van der Waals surface area contributed by atoms with E-state index >= 15 is 0 Å². The first-order valence-corrected chi connectivity index (χ1v) is 20.1. The van der Waals surface area contributed by atoms with Gasteiger partial charge in [-0.15, -0.1) is 11.3 Å². The predicted molar refractivity (Wildman–Crippen MR) is 178 cm³/mol. The molecule has 1 aromatic heterocycles. The van der Waals surface area contributed by atoms with Gasteiger partial charge in [0.2, 0.25) is 15.9 Å². The van der Waals surface area contributed by atoms with Crippen molar-refractivity contribution in [2.45, 2.75) is 116 Å². The first-order valence-electron chi connectivity index (χ1n) is 16.2. The van der Waals surface area contributed by atoms with Crippen molar-refractivity contribution in [3.63, 3.8) is 0 Å². The molecular weight excluding hydrogens is 649 g/mol. The van der Waals surface area contributed by atoms with E-state index in [1.54, 1.807) is 11.8 Å². The van der Waals surface area contributed by atoms with Crippen molar-refractivity contribution in [3.8, 4) is 0 Å². The highest BCUT2D eigenvalue weighted by molar-refractivity contribution is 7.95. The summed E-state index contributed by atoms with van der Waals surface area (Å²) in [7, 11) is -7.82. The van der Waals surface area contributed by atoms with Gasteiger partial charge in [-0.2, -0.15) is 0 Å². The Morgan fingerprint density at radius 2 is 1.80 bits per heavy atom. The Bertz CT molecular complexity index is 1560. The molecule has 46 heavy (non-hydrogen) atoms. The molecule has 256 valence electrons. The van der Waals surface area contributed by atoms with Gasteiger partial charge in [0, 0.05) is 18.5 Å². The van der Waals surface area contributed by atoms with Crippen molar-refractivity contribution in [2.75, 3.05) is 6.54 Å². The van der Waals surface area contributed by atoms with Crippen LogP contribution in [0, 0.1) is 11.8 Å². The van der Waals surface area contributed by atoms with E-state index in [9.17, 15) is 36.9 Å². The number of amides is 1. The molecular formula is C33H48N2O8S3. The number of nitrogens with zero attached hydrogens (tertiary/aromatic N) is 1. The average molecular weight is 697 g/mol. The molecule has 0 bridgehead atoms. The summed E-state index contributed by atoms with van der Waals surface area (Å²) >= 11 is 0.645. The number of fused-ring (bicyclic) bond motifs is 1. The molecule has 0 spiro atoms. The third kappa shape index (κ3) is 8.86. The molecule has 10 nitrogen and oxygen atoms in total. The SMILES string of the molecule is CCN(C(=O)CCC/C=C\C[C@@H]1[C@@H](CC[C@H](O)CCc2ccccc2)[C@H](O)C[C@@H]1O)[C@H]1C[C@H](C)S(=O)(=O)c2sc(S(N)(=O)=O)cc21. The number of rotatable bonds is 15. The lowest BCUT2D eigenvalue weighted by Crippen LogP contribution is -2.40. The average Bonchev–Trinajstić information content (AvgIpc) is 3.58. The van der Waals surface area contributed by atoms with E-state index in [1.807, 2.05) is 49.4 Å². The number of thiophene rings is 1. The predicted octanol–water partition coefficient (Wildman–Crippen LogP) is 4.10. The zero-order chi connectivity index (χ0) is 33.6. The molecule has 1 aliphatic carbocycles. The topological polar surface area (TPSA) is 175 Å². The van der Waals surface area contributed by atoms with Crippen molar-refractivity contribution in [1.82, 2.24) is 4.90 Å². The van der Waals surface area contributed by atoms with Crippen molar-refractivity contribution in [3.05, 3.63) is 59.7 Å². The fourth-order valence-corrected chi connectivity index (χ4v) is 11.3. The van der Waals surface area contributed by atoms with Gasteiger partial charge in [-0.25, -0.2) is 22.0 Å². The van der Waals surface area contributed by atoms with Crippen LogP contribution < -0.4 is 5.14 Å². The molecule has 2 heterocycles. The monoisotopic (exact) mass is 696 g/mol. The van der Waals surface area contributed by atoms with Crippen LogP contribution in [-0.4, -0.2) is 73.1 Å². The number of nitrogens with two attached hydrogens (primary N) is 1. The molecule has 0 radical (unpaired) electrons. The molecule has 7 atom stereocenters. The maximum absolute atomic E-state index is 13.3. The maximum Gasteiger partial charge on any atom is 0.247 e. The molecule has 1 aliphatic heterocycles. The summed E-state index contributed by atoms with van der Waals surface area (Å²) in [6, 6.07) is 10.8. The van der Waals surface area contributed by atoms with Gasteiger partial charge in [0.05, 0.1) is 29.6 Å². The standard InChI is InChI=1S/C33H48N2O8S3/c1-3-35(28-19-22(2)45(40,41)33-27(28)20-32(44-33)46(34,42)43)31(39)14-10-5-4-9-13-25-26(30(38)21-29(25)37)18-17-24(36)16-15-23-11-7-6-8-12-23/h4,6-9,11-12,20,22,24-26,28-30,36-38H,3,5,10,13-19,21H2,1-2H3,(H2,34,42,43)/b9-4-/t22-,24+,25+,26+,28-,29-,30+/m0/s1. The van der Waals surface area contributed by atoms with E-state index in [1.165, 1.54) is 11.6 Å². The van der Waals surface area contributed by atoms with Crippen LogP contribution >= 0.6 is 11.3 Å². The summed E-state index contributed by atoms with van der Waals surface area (Å²) < 4.78 is 49.6. The van der Waals surface area contributed by atoms with Crippen LogP contribution in [0.4, 0.5) is 0 Å². The zero-order valence-electron chi connectivity index (χ0n) is 26.6. The molecule has 1 saturated carbocycles. The Kier molecular flexibility index (Phi) is 12.6. The van der Waals surface area contributed by atoms with Crippen molar-refractivity contribution in [2.24, 2.45) is 17.0 Å². The van der Waals surface area contributed by atoms with Gasteiger partial charge in [0.1, 0.15) is 8.42 Å². The Balaban J connectivity index is 1.27. The van der Waals surface area contributed by atoms with Gasteiger partial charge in [0.25, 0.3) is 0 Å². The fourth-order valence-electron chi connectivity index (χ4n) is 6.88. The van der Waals surface area contributed by atoms with Crippen LogP contribution in [0.2, 0.25) is 0 Å². The normalized spacial score (nSPS) is 26.7. The third-order valence-corrected chi connectivity index (χ3v) is 14.8. The van der Waals surface area contributed by atoms with E-state index in [2.05, 4.69) is 0 Å². The summed E-state index contributed by atoms with van der Waals surface area (Å²) in [4.78, 5) is 14.9. The van der Waals surface area contributed by atoms with Crippen LogP contribution in [0.25, 0.3) is 0 Å². The van der Waals surface area contributed by atoms with E-state index in [-0.39, 0.29) is 39.0 Å². The Morgan fingerprint density at radius 1 is 1.11 bits per heavy atom. The minimum Gasteiger partial charge on any atom is -0.393 e. The maximum atomic E-state index is 13.3. The lowest BCUT2D eigenvalue weighted by atomic mass is 9.85. The summed E-state index contributed by atoms with van der Waals surface area (Å²) in [6.07, 6.45) is 7.49. The largest absolute Gasteiger partial charge is 0.393 e. The number of hydrogen-bond donors (Lipinski definition) is 4. The molecule has 2 aliphatic rings. The Labute approximate surface area is 277 Å². The van der Waals surface area contributed by atoms with Gasteiger partial charge in [0.15, 0.2) is 9.84 Å². The van der Waals surface area contributed by atoms with E-state index in [4.69, 9.17) is 5.14 Å². The van der Waals surface area contributed by atoms with E-state index < -0.39 is 49.5 Å². The molecule has 0 saturated heterocycles. The number of sulfonamides is 1. The van der Waals surface area contributed by atoms with Gasteiger partial charge in [-0.05, 0) is 95.1 Å². The van der Waals surface area contributed by atoms with Crippen LogP contribution in [0.1, 0.15) is 88.8 Å². The third-order valence-electron chi connectivity index (χ3n) is 9.52. The molecule has 1 amide bonds. The number of aliphatic hydroxyl groups excluding tert-OH is 3. The quantitative estimate of drug-likeness (QED) is 0.159. The summed E-state index contributed by atoms with van der Waals surface area (Å²) in [5.41, 5.74) is 1.50. The number of benzene rings is 1. The van der Waals surface area contributed by atoms with Crippen molar-refractivity contribution < 1.29 is 36.9 Å². The number of carbonyl (C=O) groups excluding carboxylic acids is 1. The second kappa shape index (κ2) is 15.8. The number of allylic oxidation sites excluding steroid dienone is 2.